The van der Waals surface area contributed by atoms with Gasteiger partial charge in [0, 0.05) is 16.6 Å². The molecule has 1 aliphatic carbocycles. The predicted molar refractivity (Wildman–Crippen MR) is 67.6 cm³/mol. The van der Waals surface area contributed by atoms with E-state index in [0.717, 1.165) is 10.9 Å². The van der Waals surface area contributed by atoms with Crippen LogP contribution < -0.4 is 0 Å². The zero-order valence-electron chi connectivity index (χ0n) is 8.96. The highest BCUT2D eigenvalue weighted by atomic mass is 79.9. The zero-order chi connectivity index (χ0) is 11.0. The zero-order valence-corrected chi connectivity index (χ0v) is 10.5. The van der Waals surface area contributed by atoms with Crippen LogP contribution in [0.3, 0.4) is 0 Å². The highest BCUT2D eigenvalue weighted by Crippen LogP contribution is 2.25. The smallest absolute Gasteiger partial charge is 0.0700 e. The van der Waals surface area contributed by atoms with Crippen molar-refractivity contribution in [2.75, 3.05) is 0 Å². The van der Waals surface area contributed by atoms with Crippen LogP contribution in [-0.2, 0) is 19.3 Å². The van der Waals surface area contributed by atoms with E-state index in [-0.39, 0.29) is 0 Å². The number of H-pyrrole nitrogens is 1. The molecule has 0 radical (unpaired) electrons. The minimum Gasteiger partial charge on any atom is -0.282 e. The van der Waals surface area contributed by atoms with Crippen LogP contribution in [0.25, 0.3) is 0 Å². The number of nitrogens with zero attached hydrogens (tertiary/aromatic N) is 1. The van der Waals surface area contributed by atoms with Crippen LogP contribution in [0, 0.1) is 0 Å². The van der Waals surface area contributed by atoms with Crippen molar-refractivity contribution in [1.29, 1.82) is 0 Å². The molecule has 2 aromatic rings. The molecule has 0 spiro atoms. The maximum Gasteiger partial charge on any atom is 0.0700 e. The first-order chi connectivity index (χ1) is 7.83. The summed E-state index contributed by atoms with van der Waals surface area (Å²) in [5, 5.41) is 7.58. The van der Waals surface area contributed by atoms with Gasteiger partial charge in [-0.05, 0) is 42.5 Å². The third-order valence-electron chi connectivity index (χ3n) is 3.15. The summed E-state index contributed by atoms with van der Waals surface area (Å²) in [6.45, 7) is 0. The van der Waals surface area contributed by atoms with Gasteiger partial charge in [0.2, 0.25) is 0 Å². The molecule has 1 heterocycles. The van der Waals surface area contributed by atoms with Gasteiger partial charge >= 0.3 is 0 Å². The predicted octanol–water partition coefficient (Wildman–Crippen LogP) is 3.25. The number of fused-ring (bicyclic) bond motifs is 1. The van der Waals surface area contributed by atoms with E-state index >= 15 is 0 Å². The Bertz CT molecular complexity index is 516. The Balaban J connectivity index is 1.89. The van der Waals surface area contributed by atoms with Gasteiger partial charge < -0.3 is 0 Å². The fraction of sp³-hybridized carbons (Fsp3) is 0.308. The van der Waals surface area contributed by atoms with E-state index in [1.165, 1.54) is 41.8 Å². The first kappa shape index (κ1) is 10.1. The number of halogens is 1. The highest BCUT2D eigenvalue weighted by molar-refractivity contribution is 9.10. The van der Waals surface area contributed by atoms with E-state index in [4.69, 9.17) is 0 Å². The minimum absolute atomic E-state index is 0.936. The molecule has 0 bridgehead atoms. The lowest BCUT2D eigenvalue weighted by Gasteiger charge is -2.01. The van der Waals surface area contributed by atoms with E-state index in [9.17, 15) is 0 Å². The number of hydrogen-bond donors (Lipinski definition) is 1. The Morgan fingerprint density at radius 2 is 2.25 bits per heavy atom. The molecule has 2 nitrogen and oxygen atoms in total. The summed E-state index contributed by atoms with van der Waals surface area (Å²) < 4.78 is 1.14. The normalized spacial score (nSPS) is 14.1. The summed E-state index contributed by atoms with van der Waals surface area (Å²) in [7, 11) is 0. The first-order valence-electron chi connectivity index (χ1n) is 5.62. The number of nitrogens with one attached hydrogen (secondary N) is 1. The topological polar surface area (TPSA) is 28.7 Å². The van der Waals surface area contributed by atoms with Crippen molar-refractivity contribution in [2.45, 2.75) is 25.7 Å². The summed E-state index contributed by atoms with van der Waals surface area (Å²) in [5.41, 5.74) is 5.35. The van der Waals surface area contributed by atoms with Crippen molar-refractivity contribution in [1.82, 2.24) is 10.2 Å². The van der Waals surface area contributed by atoms with Crippen LogP contribution in [0.2, 0.25) is 0 Å². The fourth-order valence-electron chi connectivity index (χ4n) is 2.37. The largest absolute Gasteiger partial charge is 0.282 e. The third kappa shape index (κ3) is 1.80. The Kier molecular flexibility index (Phi) is 2.56. The fourth-order valence-corrected chi connectivity index (χ4v) is 2.82. The molecule has 16 heavy (non-hydrogen) atoms. The van der Waals surface area contributed by atoms with Crippen molar-refractivity contribution >= 4 is 15.9 Å². The maximum absolute atomic E-state index is 4.42. The molecule has 0 saturated carbocycles. The molecule has 0 atom stereocenters. The van der Waals surface area contributed by atoms with Gasteiger partial charge in [-0.3, -0.25) is 5.10 Å². The second-order valence-corrected chi connectivity index (χ2v) is 5.20. The van der Waals surface area contributed by atoms with Gasteiger partial charge in [-0.25, -0.2) is 0 Å². The van der Waals surface area contributed by atoms with Crippen molar-refractivity contribution < 1.29 is 0 Å². The van der Waals surface area contributed by atoms with Crippen LogP contribution in [-0.4, -0.2) is 10.2 Å². The lowest BCUT2D eigenvalue weighted by molar-refractivity contribution is 0.844. The summed E-state index contributed by atoms with van der Waals surface area (Å²) in [4.78, 5) is 0. The first-order valence-corrected chi connectivity index (χ1v) is 6.41. The third-order valence-corrected chi connectivity index (χ3v) is 3.65. The molecule has 0 aliphatic heterocycles. The van der Waals surface area contributed by atoms with Crippen molar-refractivity contribution in [3.8, 4) is 0 Å². The quantitative estimate of drug-likeness (QED) is 0.896. The van der Waals surface area contributed by atoms with Gasteiger partial charge in [0.05, 0.1) is 5.69 Å². The van der Waals surface area contributed by atoms with E-state index in [1.54, 1.807) is 0 Å². The van der Waals surface area contributed by atoms with Gasteiger partial charge in [0.25, 0.3) is 0 Å². The number of aryl methyl sites for hydroxylation is 1. The number of aromatic amines is 1. The van der Waals surface area contributed by atoms with E-state index in [2.05, 4.69) is 50.4 Å². The molecule has 82 valence electrons. The monoisotopic (exact) mass is 276 g/mol. The van der Waals surface area contributed by atoms with Crippen LogP contribution in [0.5, 0.6) is 0 Å². The molecular formula is C13H13BrN2. The Hall–Kier alpha value is -1.09. The molecule has 1 aromatic heterocycles. The summed E-state index contributed by atoms with van der Waals surface area (Å²) in [6, 6.07) is 8.45. The van der Waals surface area contributed by atoms with Crippen LogP contribution >= 0.6 is 15.9 Å². The molecule has 0 amide bonds. The second-order valence-electron chi connectivity index (χ2n) is 4.29. The van der Waals surface area contributed by atoms with Gasteiger partial charge in [0.1, 0.15) is 0 Å². The Morgan fingerprint density at radius 3 is 3.12 bits per heavy atom. The minimum atomic E-state index is 0.936. The van der Waals surface area contributed by atoms with Crippen molar-refractivity contribution in [3.05, 3.63) is 51.3 Å². The molecule has 1 N–H and O–H groups in total. The SMILES string of the molecule is Brc1cccc(Cc2n[nH]c3c2CCC3)c1. The van der Waals surface area contributed by atoms with Crippen molar-refractivity contribution in [2.24, 2.45) is 0 Å². The summed E-state index contributed by atoms with van der Waals surface area (Å²) in [5.74, 6) is 0. The van der Waals surface area contributed by atoms with Crippen LogP contribution in [0.15, 0.2) is 28.7 Å². The summed E-state index contributed by atoms with van der Waals surface area (Å²) >= 11 is 3.50. The van der Waals surface area contributed by atoms with Crippen LogP contribution in [0.4, 0.5) is 0 Å². The van der Waals surface area contributed by atoms with Crippen LogP contribution in [0.1, 0.15) is 28.9 Å². The highest BCUT2D eigenvalue weighted by Gasteiger charge is 2.18. The number of aromatic nitrogens is 2. The Morgan fingerprint density at radius 1 is 1.31 bits per heavy atom. The molecule has 3 heteroatoms. The second kappa shape index (κ2) is 4.06. The Labute approximate surface area is 103 Å². The van der Waals surface area contributed by atoms with Crippen molar-refractivity contribution in [3.63, 3.8) is 0 Å². The van der Waals surface area contributed by atoms with Gasteiger partial charge in [0.15, 0.2) is 0 Å². The standard InChI is InChI=1S/C13H13BrN2/c14-10-4-1-3-9(7-10)8-13-11-5-2-6-12(11)15-16-13/h1,3-4,7H,2,5-6,8H2,(H,15,16). The molecule has 0 saturated heterocycles. The van der Waals surface area contributed by atoms with E-state index < -0.39 is 0 Å². The van der Waals surface area contributed by atoms with Gasteiger partial charge in [-0.15, -0.1) is 0 Å². The van der Waals surface area contributed by atoms with Gasteiger partial charge in [-0.1, -0.05) is 28.1 Å². The average molecular weight is 277 g/mol. The van der Waals surface area contributed by atoms with Gasteiger partial charge in [-0.2, -0.15) is 5.10 Å². The number of benzene rings is 1. The lowest BCUT2D eigenvalue weighted by atomic mass is 10.1. The lowest BCUT2D eigenvalue weighted by Crippen LogP contribution is -1.92. The maximum atomic E-state index is 4.42. The molecule has 0 fully saturated rings. The molecule has 0 unspecified atom stereocenters. The molecule has 1 aromatic carbocycles. The number of rotatable bonds is 2. The average Bonchev–Trinajstić information content (AvgIpc) is 2.83. The molecule has 3 rings (SSSR count). The molecular weight excluding hydrogens is 264 g/mol. The van der Waals surface area contributed by atoms with E-state index in [1.807, 2.05) is 0 Å². The summed E-state index contributed by atoms with van der Waals surface area (Å²) in [6.07, 6.45) is 4.57. The van der Waals surface area contributed by atoms with E-state index in [0.29, 0.717) is 0 Å². The number of hydrogen-bond acceptors (Lipinski definition) is 1. The molecule has 1 aliphatic rings.